The zero-order chi connectivity index (χ0) is 14.7. The van der Waals surface area contributed by atoms with Gasteiger partial charge in [0.15, 0.2) is 5.82 Å². The zero-order valence-corrected chi connectivity index (χ0v) is 11.2. The smallest absolute Gasteiger partial charge is 0.340 e. The molecule has 0 spiro atoms. The van der Waals surface area contributed by atoms with E-state index in [2.05, 4.69) is 9.68 Å². The summed E-state index contributed by atoms with van der Waals surface area (Å²) in [5.74, 6) is -0.901. The second-order valence-corrected chi connectivity index (χ2v) is 4.46. The van der Waals surface area contributed by atoms with Gasteiger partial charge in [-0.05, 0) is 24.6 Å². The second-order valence-electron chi connectivity index (χ2n) is 4.46. The van der Waals surface area contributed by atoms with E-state index in [9.17, 15) is 14.0 Å². The molecule has 0 saturated heterocycles. The van der Waals surface area contributed by atoms with Gasteiger partial charge in [0.2, 0.25) is 5.91 Å². The maximum atomic E-state index is 12.8. The van der Waals surface area contributed by atoms with Gasteiger partial charge in [0, 0.05) is 13.6 Å². The summed E-state index contributed by atoms with van der Waals surface area (Å²) in [6.07, 6.45) is 0. The summed E-state index contributed by atoms with van der Waals surface area (Å²) in [7, 11) is 1.61. The van der Waals surface area contributed by atoms with Crippen LogP contribution in [0, 0.1) is 12.7 Å². The SMILES string of the molecule is Cc1noc(=O)n1CC(=O)N(C)Cc1ccc(F)cc1. The van der Waals surface area contributed by atoms with Gasteiger partial charge in [-0.25, -0.2) is 9.18 Å². The first-order valence-corrected chi connectivity index (χ1v) is 5.99. The molecule has 2 aromatic rings. The van der Waals surface area contributed by atoms with Gasteiger partial charge in [-0.3, -0.25) is 13.9 Å². The number of halogens is 1. The number of likely N-dealkylation sites (N-methyl/N-ethyl adjacent to an activating group) is 1. The van der Waals surface area contributed by atoms with Crippen molar-refractivity contribution in [2.24, 2.45) is 0 Å². The molecule has 0 N–H and O–H groups in total. The summed E-state index contributed by atoms with van der Waals surface area (Å²) in [6.45, 7) is 1.78. The third kappa shape index (κ3) is 3.11. The first-order chi connectivity index (χ1) is 9.47. The van der Waals surface area contributed by atoms with Crippen molar-refractivity contribution in [3.8, 4) is 0 Å². The van der Waals surface area contributed by atoms with E-state index in [0.717, 1.165) is 10.1 Å². The lowest BCUT2D eigenvalue weighted by molar-refractivity contribution is -0.131. The highest BCUT2D eigenvalue weighted by Gasteiger charge is 2.14. The van der Waals surface area contributed by atoms with Crippen LogP contribution in [0.4, 0.5) is 4.39 Å². The van der Waals surface area contributed by atoms with Crippen molar-refractivity contribution in [1.82, 2.24) is 14.6 Å². The van der Waals surface area contributed by atoms with Crippen LogP contribution in [-0.2, 0) is 17.9 Å². The summed E-state index contributed by atoms with van der Waals surface area (Å²) in [5, 5.41) is 3.49. The highest BCUT2D eigenvalue weighted by Crippen LogP contribution is 2.06. The van der Waals surface area contributed by atoms with Gasteiger partial charge in [-0.1, -0.05) is 17.3 Å². The van der Waals surface area contributed by atoms with Crippen LogP contribution in [0.5, 0.6) is 0 Å². The lowest BCUT2D eigenvalue weighted by Crippen LogP contribution is -2.32. The standard InChI is InChI=1S/C13H14FN3O3/c1-9-15-20-13(19)17(9)8-12(18)16(2)7-10-3-5-11(14)6-4-10/h3-6H,7-8H2,1-2H3. The topological polar surface area (TPSA) is 68.3 Å². The van der Waals surface area contributed by atoms with Gasteiger partial charge < -0.3 is 4.90 Å². The summed E-state index contributed by atoms with van der Waals surface area (Å²) in [6, 6.07) is 5.89. The lowest BCUT2D eigenvalue weighted by atomic mass is 10.2. The van der Waals surface area contributed by atoms with Gasteiger partial charge in [-0.2, -0.15) is 0 Å². The predicted octanol–water partition coefficient (Wildman–Crippen LogP) is 0.942. The molecular weight excluding hydrogens is 265 g/mol. The normalized spacial score (nSPS) is 10.6. The Balaban J connectivity index is 2.02. The van der Waals surface area contributed by atoms with Gasteiger partial charge >= 0.3 is 5.76 Å². The average molecular weight is 279 g/mol. The molecule has 1 aromatic heterocycles. The molecule has 106 valence electrons. The fourth-order valence-corrected chi connectivity index (χ4v) is 1.72. The molecule has 0 aliphatic carbocycles. The number of rotatable bonds is 4. The zero-order valence-electron chi connectivity index (χ0n) is 11.2. The van der Waals surface area contributed by atoms with E-state index < -0.39 is 5.76 Å². The molecule has 7 heteroatoms. The van der Waals surface area contributed by atoms with E-state index in [1.165, 1.54) is 17.0 Å². The van der Waals surface area contributed by atoms with Crippen molar-refractivity contribution in [2.45, 2.75) is 20.0 Å². The summed E-state index contributed by atoms with van der Waals surface area (Å²) < 4.78 is 18.4. The number of amides is 1. The Morgan fingerprint density at radius 1 is 1.40 bits per heavy atom. The number of nitrogens with zero attached hydrogens (tertiary/aromatic N) is 3. The Bertz CT molecular complexity index is 660. The fraction of sp³-hybridized carbons (Fsp3) is 0.308. The molecule has 0 aliphatic heterocycles. The van der Waals surface area contributed by atoms with Crippen molar-refractivity contribution in [3.63, 3.8) is 0 Å². The number of aromatic nitrogens is 2. The molecule has 1 aromatic carbocycles. The predicted molar refractivity (Wildman–Crippen MR) is 68.4 cm³/mol. The minimum Gasteiger partial charge on any atom is -0.340 e. The van der Waals surface area contributed by atoms with Crippen LogP contribution in [0.3, 0.4) is 0 Å². The Morgan fingerprint density at radius 2 is 2.05 bits per heavy atom. The molecule has 0 aliphatic rings. The van der Waals surface area contributed by atoms with Crippen LogP contribution in [-0.4, -0.2) is 27.6 Å². The van der Waals surface area contributed by atoms with Crippen LogP contribution in [0.15, 0.2) is 33.6 Å². The lowest BCUT2D eigenvalue weighted by Gasteiger charge is -2.17. The highest BCUT2D eigenvalue weighted by molar-refractivity contribution is 5.75. The fourth-order valence-electron chi connectivity index (χ4n) is 1.72. The molecule has 1 amide bonds. The van der Waals surface area contributed by atoms with Gasteiger partial charge in [-0.15, -0.1) is 0 Å². The van der Waals surface area contributed by atoms with E-state index in [0.29, 0.717) is 12.4 Å². The quantitative estimate of drug-likeness (QED) is 0.835. The van der Waals surface area contributed by atoms with E-state index >= 15 is 0 Å². The number of aryl methyl sites for hydroxylation is 1. The minimum absolute atomic E-state index is 0.133. The third-order valence-corrected chi connectivity index (χ3v) is 2.92. The number of hydrogen-bond donors (Lipinski definition) is 0. The Kier molecular flexibility index (Phi) is 3.97. The number of hydrogen-bond acceptors (Lipinski definition) is 4. The van der Waals surface area contributed by atoms with E-state index in [1.807, 2.05) is 0 Å². The van der Waals surface area contributed by atoms with Crippen molar-refractivity contribution in [3.05, 3.63) is 52.0 Å². The first kappa shape index (κ1) is 14.0. The molecule has 0 saturated carbocycles. The minimum atomic E-state index is -0.661. The third-order valence-electron chi connectivity index (χ3n) is 2.92. The van der Waals surface area contributed by atoms with Crippen molar-refractivity contribution >= 4 is 5.91 Å². The molecule has 0 fully saturated rings. The molecule has 2 rings (SSSR count). The Labute approximate surface area is 114 Å². The number of carbonyl (C=O) groups excluding carboxylic acids is 1. The van der Waals surface area contributed by atoms with Crippen LogP contribution < -0.4 is 5.76 Å². The molecule has 20 heavy (non-hydrogen) atoms. The van der Waals surface area contributed by atoms with Crippen molar-refractivity contribution in [1.29, 1.82) is 0 Å². The molecule has 1 heterocycles. The van der Waals surface area contributed by atoms with E-state index in [1.54, 1.807) is 26.1 Å². The molecule has 0 unspecified atom stereocenters. The second kappa shape index (κ2) is 5.68. The van der Waals surface area contributed by atoms with Crippen LogP contribution in [0.1, 0.15) is 11.4 Å². The van der Waals surface area contributed by atoms with Gasteiger partial charge in [0.05, 0.1) is 0 Å². The van der Waals surface area contributed by atoms with E-state index in [-0.39, 0.29) is 18.3 Å². The molecule has 6 nitrogen and oxygen atoms in total. The monoisotopic (exact) mass is 279 g/mol. The van der Waals surface area contributed by atoms with Crippen molar-refractivity contribution < 1.29 is 13.7 Å². The van der Waals surface area contributed by atoms with Crippen LogP contribution in [0.2, 0.25) is 0 Å². The van der Waals surface area contributed by atoms with Crippen LogP contribution in [0.25, 0.3) is 0 Å². The summed E-state index contributed by atoms with van der Waals surface area (Å²) in [4.78, 5) is 24.8. The van der Waals surface area contributed by atoms with Gasteiger partial charge in [0.1, 0.15) is 12.4 Å². The number of benzene rings is 1. The molecule has 0 radical (unpaired) electrons. The number of carbonyl (C=O) groups is 1. The molecule has 0 atom stereocenters. The Morgan fingerprint density at radius 3 is 2.60 bits per heavy atom. The van der Waals surface area contributed by atoms with E-state index in [4.69, 9.17) is 0 Å². The first-order valence-electron chi connectivity index (χ1n) is 5.99. The van der Waals surface area contributed by atoms with Crippen molar-refractivity contribution in [2.75, 3.05) is 7.05 Å². The van der Waals surface area contributed by atoms with Crippen LogP contribution >= 0.6 is 0 Å². The summed E-state index contributed by atoms with van der Waals surface area (Å²) in [5.41, 5.74) is 0.802. The maximum Gasteiger partial charge on any atom is 0.442 e. The maximum absolute atomic E-state index is 12.8. The van der Waals surface area contributed by atoms with Gasteiger partial charge in [0.25, 0.3) is 0 Å². The average Bonchev–Trinajstić information content (AvgIpc) is 2.73. The Hall–Kier alpha value is -2.44. The highest BCUT2D eigenvalue weighted by atomic mass is 19.1. The summed E-state index contributed by atoms with van der Waals surface area (Å²) >= 11 is 0. The molecule has 0 bridgehead atoms. The largest absolute Gasteiger partial charge is 0.442 e. The molecular formula is C13H14FN3O3.